The Morgan fingerprint density at radius 1 is 0.815 bits per heavy atom. The summed E-state index contributed by atoms with van der Waals surface area (Å²) in [7, 11) is 0. The van der Waals surface area contributed by atoms with Crippen LogP contribution in [-0.4, -0.2) is 5.11 Å². The van der Waals surface area contributed by atoms with Crippen LogP contribution in [0.2, 0.25) is 0 Å². The minimum Gasteiger partial charge on any atom is -0.507 e. The molecule has 140 valence electrons. The number of benzene rings is 3. The molecule has 2 heteroatoms. The fourth-order valence-corrected chi connectivity index (χ4v) is 3.73. The van der Waals surface area contributed by atoms with Crippen LogP contribution in [0.25, 0.3) is 0 Å². The van der Waals surface area contributed by atoms with Crippen LogP contribution in [0.5, 0.6) is 11.5 Å². The first-order valence-corrected chi connectivity index (χ1v) is 9.44. The lowest BCUT2D eigenvalue weighted by molar-refractivity contribution is 0.300. The number of hydrogen-bond donors (Lipinski definition) is 1. The van der Waals surface area contributed by atoms with Gasteiger partial charge in [0.15, 0.2) is 0 Å². The van der Waals surface area contributed by atoms with E-state index < -0.39 is 0 Å². The van der Waals surface area contributed by atoms with Gasteiger partial charge in [-0.2, -0.15) is 0 Å². The molecule has 3 rings (SSSR count). The average Bonchev–Trinajstić information content (AvgIpc) is 2.63. The predicted molar refractivity (Wildman–Crippen MR) is 112 cm³/mol. The maximum Gasteiger partial charge on any atom is 0.126 e. The maximum absolute atomic E-state index is 10.7. The fourth-order valence-electron chi connectivity index (χ4n) is 3.73. The second-order valence-electron chi connectivity index (χ2n) is 7.52. The highest BCUT2D eigenvalue weighted by molar-refractivity contribution is 5.53. The van der Waals surface area contributed by atoms with Gasteiger partial charge in [-0.05, 0) is 44.4 Å². The van der Waals surface area contributed by atoms with Crippen LogP contribution in [0, 0.1) is 27.7 Å². The number of phenolic OH excluding ortho intramolecular Hbond substituents is 1. The molecule has 0 fully saturated rings. The Hall–Kier alpha value is -2.74. The summed E-state index contributed by atoms with van der Waals surface area (Å²) < 4.78 is 6.27. The minimum atomic E-state index is 0.0352. The molecule has 0 spiro atoms. The van der Waals surface area contributed by atoms with Crippen molar-refractivity contribution in [3.05, 3.63) is 93.5 Å². The molecule has 0 aliphatic heterocycles. The Balaban J connectivity index is 2.01. The van der Waals surface area contributed by atoms with Gasteiger partial charge in [-0.25, -0.2) is 0 Å². The highest BCUT2D eigenvalue weighted by atomic mass is 16.5. The molecule has 0 saturated heterocycles. The number of aryl methyl sites for hydroxylation is 4. The Morgan fingerprint density at radius 3 is 2.07 bits per heavy atom. The summed E-state index contributed by atoms with van der Waals surface area (Å²) in [5, 5.41) is 10.7. The number of aromatic hydroxyl groups is 1. The Labute approximate surface area is 162 Å². The van der Waals surface area contributed by atoms with Gasteiger partial charge in [0.25, 0.3) is 0 Å². The molecular weight excluding hydrogens is 332 g/mol. The van der Waals surface area contributed by atoms with E-state index in [4.69, 9.17) is 4.74 Å². The van der Waals surface area contributed by atoms with Crippen molar-refractivity contribution in [2.75, 3.05) is 0 Å². The summed E-state index contributed by atoms with van der Waals surface area (Å²) in [6.07, 6.45) is 0. The topological polar surface area (TPSA) is 29.5 Å². The molecular formula is C25H28O2. The van der Waals surface area contributed by atoms with Crippen LogP contribution >= 0.6 is 0 Å². The lowest BCUT2D eigenvalue weighted by Gasteiger charge is -2.22. The van der Waals surface area contributed by atoms with Crippen LogP contribution in [0.4, 0.5) is 0 Å². The number of hydrogen-bond acceptors (Lipinski definition) is 2. The van der Waals surface area contributed by atoms with Crippen molar-refractivity contribution in [1.29, 1.82) is 0 Å². The molecule has 2 nitrogen and oxygen atoms in total. The van der Waals surface area contributed by atoms with Crippen LogP contribution in [0.3, 0.4) is 0 Å². The van der Waals surface area contributed by atoms with E-state index in [9.17, 15) is 5.11 Å². The summed E-state index contributed by atoms with van der Waals surface area (Å²) >= 11 is 0. The monoisotopic (exact) mass is 360 g/mol. The first-order chi connectivity index (χ1) is 12.9. The molecule has 0 saturated carbocycles. The smallest absolute Gasteiger partial charge is 0.126 e. The predicted octanol–water partition coefficient (Wildman–Crippen LogP) is 6.36. The van der Waals surface area contributed by atoms with E-state index >= 15 is 0 Å². The summed E-state index contributed by atoms with van der Waals surface area (Å²) in [4.78, 5) is 0. The van der Waals surface area contributed by atoms with E-state index in [1.54, 1.807) is 0 Å². The first kappa shape index (κ1) is 19.0. The Kier molecular flexibility index (Phi) is 5.55. The minimum absolute atomic E-state index is 0.0352. The van der Waals surface area contributed by atoms with Crippen LogP contribution in [0.1, 0.15) is 51.8 Å². The van der Waals surface area contributed by atoms with Crippen molar-refractivity contribution in [1.82, 2.24) is 0 Å². The van der Waals surface area contributed by atoms with Crippen molar-refractivity contribution in [2.45, 2.75) is 47.1 Å². The zero-order chi connectivity index (χ0) is 19.6. The lowest BCUT2D eigenvalue weighted by atomic mass is 9.87. The van der Waals surface area contributed by atoms with Crippen LogP contribution in [0.15, 0.2) is 54.6 Å². The SMILES string of the molecule is Cc1cc(C)c(O)c(C(C)c2cc(C)cc(C)c2OCc2ccccc2)c1. The van der Waals surface area contributed by atoms with E-state index in [1.807, 2.05) is 31.2 Å². The second-order valence-corrected chi connectivity index (χ2v) is 7.52. The standard InChI is InChI=1S/C25H28O2/c1-16-11-18(3)24(26)22(13-16)20(5)23-14-17(2)12-19(4)25(23)27-15-21-9-7-6-8-10-21/h6-14,20,26H,15H2,1-5H3. The van der Waals surface area contributed by atoms with Crippen molar-refractivity contribution in [2.24, 2.45) is 0 Å². The Morgan fingerprint density at radius 2 is 1.41 bits per heavy atom. The number of rotatable bonds is 5. The van der Waals surface area contributed by atoms with E-state index in [0.29, 0.717) is 12.4 Å². The zero-order valence-corrected chi connectivity index (χ0v) is 16.8. The third kappa shape index (κ3) is 4.16. The largest absolute Gasteiger partial charge is 0.507 e. The maximum atomic E-state index is 10.7. The summed E-state index contributed by atoms with van der Waals surface area (Å²) in [6.45, 7) is 10.9. The molecule has 1 atom stereocenters. The molecule has 0 aromatic heterocycles. The van der Waals surface area contributed by atoms with Gasteiger partial charge in [0.05, 0.1) is 0 Å². The molecule has 0 aliphatic rings. The first-order valence-electron chi connectivity index (χ1n) is 9.44. The van der Waals surface area contributed by atoms with Crippen LogP contribution in [-0.2, 0) is 6.61 Å². The molecule has 0 aliphatic carbocycles. The average molecular weight is 360 g/mol. The van der Waals surface area contributed by atoms with Crippen molar-refractivity contribution >= 4 is 0 Å². The highest BCUT2D eigenvalue weighted by Gasteiger charge is 2.20. The number of ether oxygens (including phenoxy) is 1. The van der Waals surface area contributed by atoms with Gasteiger partial charge >= 0.3 is 0 Å². The molecule has 3 aromatic carbocycles. The third-order valence-electron chi connectivity index (χ3n) is 5.08. The van der Waals surface area contributed by atoms with Gasteiger partial charge in [-0.1, -0.05) is 72.6 Å². The van der Waals surface area contributed by atoms with Crippen molar-refractivity contribution < 1.29 is 9.84 Å². The summed E-state index contributed by atoms with van der Waals surface area (Å²) in [6, 6.07) is 18.6. The van der Waals surface area contributed by atoms with E-state index in [2.05, 4.69) is 58.0 Å². The normalized spacial score (nSPS) is 12.0. The quantitative estimate of drug-likeness (QED) is 0.574. The van der Waals surface area contributed by atoms with E-state index in [0.717, 1.165) is 39.1 Å². The van der Waals surface area contributed by atoms with Gasteiger partial charge in [0.2, 0.25) is 0 Å². The highest BCUT2D eigenvalue weighted by Crippen LogP contribution is 2.40. The molecule has 27 heavy (non-hydrogen) atoms. The van der Waals surface area contributed by atoms with Gasteiger partial charge < -0.3 is 9.84 Å². The van der Waals surface area contributed by atoms with Gasteiger partial charge in [-0.3, -0.25) is 0 Å². The van der Waals surface area contributed by atoms with Gasteiger partial charge in [0, 0.05) is 17.0 Å². The van der Waals surface area contributed by atoms with Gasteiger partial charge in [-0.15, -0.1) is 0 Å². The van der Waals surface area contributed by atoms with Gasteiger partial charge in [0.1, 0.15) is 18.1 Å². The molecule has 1 N–H and O–H groups in total. The molecule has 0 heterocycles. The fraction of sp³-hybridized carbons (Fsp3) is 0.280. The lowest BCUT2D eigenvalue weighted by Crippen LogP contribution is -2.06. The Bertz CT molecular complexity index is 942. The summed E-state index contributed by atoms with van der Waals surface area (Å²) in [5.74, 6) is 1.32. The zero-order valence-electron chi connectivity index (χ0n) is 16.8. The van der Waals surface area contributed by atoms with E-state index in [-0.39, 0.29) is 5.92 Å². The third-order valence-corrected chi connectivity index (χ3v) is 5.08. The van der Waals surface area contributed by atoms with Crippen molar-refractivity contribution in [3.8, 4) is 11.5 Å². The molecule has 0 amide bonds. The molecule has 0 radical (unpaired) electrons. The van der Waals surface area contributed by atoms with E-state index in [1.165, 1.54) is 5.56 Å². The van der Waals surface area contributed by atoms with Crippen molar-refractivity contribution in [3.63, 3.8) is 0 Å². The second kappa shape index (κ2) is 7.87. The summed E-state index contributed by atoms with van der Waals surface area (Å²) in [5.41, 5.74) is 7.59. The molecule has 3 aromatic rings. The van der Waals surface area contributed by atoms with Crippen LogP contribution < -0.4 is 4.74 Å². The molecule has 1 unspecified atom stereocenters. The molecule has 0 bridgehead atoms. The number of phenols is 1.